The quantitative estimate of drug-likeness (QED) is 0.864. The van der Waals surface area contributed by atoms with Crippen LogP contribution < -0.4 is 10.6 Å². The normalized spacial score (nSPS) is 16.1. The molecular formula is C19H21ClN4O2. The molecule has 2 N–H and O–H groups in total. The van der Waals surface area contributed by atoms with Crippen molar-refractivity contribution in [1.29, 1.82) is 0 Å². The summed E-state index contributed by atoms with van der Waals surface area (Å²) < 4.78 is 1.91. The average Bonchev–Trinajstić information content (AvgIpc) is 3.34. The fourth-order valence-electron chi connectivity index (χ4n) is 3.32. The second-order valence-electron chi connectivity index (χ2n) is 7.00. The number of halogens is 1. The zero-order valence-electron chi connectivity index (χ0n) is 14.6. The first-order valence-corrected chi connectivity index (χ1v) is 9.38. The Balaban J connectivity index is 1.63. The Morgan fingerprint density at radius 3 is 2.77 bits per heavy atom. The number of nitrogens with zero attached hydrogens (tertiary/aromatic N) is 2. The van der Waals surface area contributed by atoms with Gasteiger partial charge in [-0.05, 0) is 62.8 Å². The molecule has 0 unspecified atom stereocenters. The highest BCUT2D eigenvalue weighted by molar-refractivity contribution is 6.30. The molecule has 0 radical (unpaired) electrons. The standard InChI is InChI=1S/C19H21ClN4O2/c1-11-10-12(20)5-8-14(11)22-18(25)16-15-4-2-3-9-24(15)17(23-16)19(26)21-13-6-7-13/h5,8,10,13H,2-4,6-7,9H2,1H3,(H,21,26)(H,22,25). The lowest BCUT2D eigenvalue weighted by atomic mass is 10.1. The van der Waals surface area contributed by atoms with Crippen molar-refractivity contribution < 1.29 is 9.59 Å². The van der Waals surface area contributed by atoms with Gasteiger partial charge in [0.1, 0.15) is 0 Å². The summed E-state index contributed by atoms with van der Waals surface area (Å²) in [6.07, 6.45) is 4.77. The van der Waals surface area contributed by atoms with E-state index in [2.05, 4.69) is 15.6 Å². The lowest BCUT2D eigenvalue weighted by molar-refractivity contribution is 0.0935. The summed E-state index contributed by atoms with van der Waals surface area (Å²) in [6, 6.07) is 5.57. The molecule has 4 rings (SSSR count). The van der Waals surface area contributed by atoms with Crippen LogP contribution in [0.5, 0.6) is 0 Å². The molecule has 1 aromatic heterocycles. The number of fused-ring (bicyclic) bond motifs is 1. The average molecular weight is 373 g/mol. The lowest BCUT2D eigenvalue weighted by Gasteiger charge is -2.17. The van der Waals surface area contributed by atoms with Crippen LogP contribution in [0.25, 0.3) is 0 Å². The number of rotatable bonds is 4. The molecule has 26 heavy (non-hydrogen) atoms. The fraction of sp³-hybridized carbons (Fsp3) is 0.421. The number of benzene rings is 1. The molecule has 7 heteroatoms. The number of anilines is 1. The van der Waals surface area contributed by atoms with Crippen LogP contribution in [0.2, 0.25) is 5.02 Å². The number of amides is 2. The van der Waals surface area contributed by atoms with Gasteiger partial charge in [0.15, 0.2) is 11.5 Å². The van der Waals surface area contributed by atoms with Gasteiger partial charge < -0.3 is 15.2 Å². The third-order valence-electron chi connectivity index (χ3n) is 4.89. The van der Waals surface area contributed by atoms with Gasteiger partial charge in [-0.2, -0.15) is 0 Å². The van der Waals surface area contributed by atoms with Crippen molar-refractivity contribution in [2.75, 3.05) is 5.32 Å². The van der Waals surface area contributed by atoms with Gasteiger partial charge in [-0.3, -0.25) is 9.59 Å². The second kappa shape index (κ2) is 6.76. The number of aromatic nitrogens is 2. The summed E-state index contributed by atoms with van der Waals surface area (Å²) in [5, 5.41) is 6.50. The van der Waals surface area contributed by atoms with E-state index in [4.69, 9.17) is 11.6 Å². The summed E-state index contributed by atoms with van der Waals surface area (Å²) in [4.78, 5) is 29.8. The Bertz CT molecular complexity index is 886. The van der Waals surface area contributed by atoms with E-state index in [9.17, 15) is 9.59 Å². The largest absolute Gasteiger partial charge is 0.347 e. The van der Waals surface area contributed by atoms with Crippen LogP contribution in [0.1, 0.15) is 58.0 Å². The molecule has 1 aliphatic heterocycles. The number of carbonyl (C=O) groups is 2. The molecule has 6 nitrogen and oxygen atoms in total. The van der Waals surface area contributed by atoms with Crippen molar-refractivity contribution in [2.24, 2.45) is 0 Å². The van der Waals surface area contributed by atoms with Gasteiger partial charge in [0, 0.05) is 23.3 Å². The number of carbonyl (C=O) groups excluding carboxylic acids is 2. The van der Waals surface area contributed by atoms with Crippen LogP contribution in [-0.4, -0.2) is 27.4 Å². The molecule has 2 aromatic rings. The van der Waals surface area contributed by atoms with Crippen molar-refractivity contribution in [1.82, 2.24) is 14.9 Å². The fourth-order valence-corrected chi connectivity index (χ4v) is 3.55. The predicted octanol–water partition coefficient (Wildman–Crippen LogP) is 3.33. The molecule has 1 aliphatic carbocycles. The topological polar surface area (TPSA) is 76.0 Å². The number of hydrogen-bond donors (Lipinski definition) is 2. The number of aryl methyl sites for hydroxylation is 1. The summed E-state index contributed by atoms with van der Waals surface area (Å²) in [5.41, 5.74) is 2.77. The third kappa shape index (κ3) is 3.33. The van der Waals surface area contributed by atoms with Crippen molar-refractivity contribution >= 4 is 29.1 Å². The predicted molar refractivity (Wildman–Crippen MR) is 99.8 cm³/mol. The molecule has 0 spiro atoms. The monoisotopic (exact) mass is 372 g/mol. The molecule has 0 saturated heterocycles. The summed E-state index contributed by atoms with van der Waals surface area (Å²) >= 11 is 5.98. The van der Waals surface area contributed by atoms with Crippen LogP contribution in [0, 0.1) is 6.92 Å². The van der Waals surface area contributed by atoms with E-state index in [1.54, 1.807) is 18.2 Å². The van der Waals surface area contributed by atoms with Crippen molar-refractivity contribution in [3.8, 4) is 0 Å². The van der Waals surface area contributed by atoms with Crippen LogP contribution in [0.4, 0.5) is 5.69 Å². The van der Waals surface area contributed by atoms with Gasteiger partial charge in [-0.1, -0.05) is 11.6 Å². The van der Waals surface area contributed by atoms with Crippen LogP contribution in [0.15, 0.2) is 18.2 Å². The molecular weight excluding hydrogens is 352 g/mol. The Morgan fingerprint density at radius 1 is 1.23 bits per heavy atom. The molecule has 0 bridgehead atoms. The van der Waals surface area contributed by atoms with E-state index in [0.29, 0.717) is 22.2 Å². The molecule has 1 aromatic carbocycles. The molecule has 2 amide bonds. The van der Waals surface area contributed by atoms with Crippen LogP contribution >= 0.6 is 11.6 Å². The van der Waals surface area contributed by atoms with E-state index in [1.165, 1.54) is 0 Å². The maximum absolute atomic E-state index is 12.8. The number of imidazole rings is 1. The molecule has 2 heterocycles. The van der Waals surface area contributed by atoms with Crippen molar-refractivity contribution in [3.63, 3.8) is 0 Å². The van der Waals surface area contributed by atoms with Crippen molar-refractivity contribution in [2.45, 2.75) is 51.6 Å². The van der Waals surface area contributed by atoms with Gasteiger partial charge >= 0.3 is 0 Å². The minimum Gasteiger partial charge on any atom is -0.347 e. The lowest BCUT2D eigenvalue weighted by Crippen LogP contribution is -2.29. The maximum atomic E-state index is 12.8. The highest BCUT2D eigenvalue weighted by Crippen LogP contribution is 2.25. The molecule has 2 aliphatic rings. The molecule has 136 valence electrons. The second-order valence-corrected chi connectivity index (χ2v) is 7.44. The first kappa shape index (κ1) is 17.1. The minimum atomic E-state index is -0.286. The first-order chi connectivity index (χ1) is 12.5. The van der Waals surface area contributed by atoms with Gasteiger partial charge in [-0.15, -0.1) is 0 Å². The third-order valence-corrected chi connectivity index (χ3v) is 5.12. The van der Waals surface area contributed by atoms with Crippen LogP contribution in [0.3, 0.4) is 0 Å². The van der Waals surface area contributed by atoms with E-state index in [1.807, 2.05) is 11.5 Å². The van der Waals surface area contributed by atoms with Gasteiger partial charge in [-0.25, -0.2) is 4.98 Å². The smallest absolute Gasteiger partial charge is 0.287 e. The highest BCUT2D eigenvalue weighted by Gasteiger charge is 2.30. The van der Waals surface area contributed by atoms with Crippen molar-refractivity contribution in [3.05, 3.63) is 46.0 Å². The molecule has 1 saturated carbocycles. The highest BCUT2D eigenvalue weighted by atomic mass is 35.5. The first-order valence-electron chi connectivity index (χ1n) is 9.00. The van der Waals surface area contributed by atoms with E-state index in [-0.39, 0.29) is 17.9 Å². The summed E-state index contributed by atoms with van der Waals surface area (Å²) in [5.74, 6) is -0.117. The number of nitrogens with one attached hydrogen (secondary N) is 2. The SMILES string of the molecule is Cc1cc(Cl)ccc1NC(=O)c1nc(C(=O)NC2CC2)n2c1CCCC2. The van der Waals surface area contributed by atoms with E-state index in [0.717, 1.165) is 49.9 Å². The molecule has 0 atom stereocenters. The van der Waals surface area contributed by atoms with E-state index >= 15 is 0 Å². The van der Waals surface area contributed by atoms with E-state index < -0.39 is 0 Å². The van der Waals surface area contributed by atoms with Crippen LogP contribution in [-0.2, 0) is 13.0 Å². The summed E-state index contributed by atoms with van der Waals surface area (Å²) in [7, 11) is 0. The Labute approximate surface area is 156 Å². The maximum Gasteiger partial charge on any atom is 0.287 e. The molecule has 1 fully saturated rings. The Kier molecular flexibility index (Phi) is 4.44. The zero-order chi connectivity index (χ0) is 18.3. The Hall–Kier alpha value is -2.34. The Morgan fingerprint density at radius 2 is 2.04 bits per heavy atom. The van der Waals surface area contributed by atoms with Gasteiger partial charge in [0.25, 0.3) is 11.8 Å². The van der Waals surface area contributed by atoms with Gasteiger partial charge in [0.2, 0.25) is 0 Å². The summed E-state index contributed by atoms with van der Waals surface area (Å²) in [6.45, 7) is 2.61. The zero-order valence-corrected chi connectivity index (χ0v) is 15.4. The number of hydrogen-bond acceptors (Lipinski definition) is 3. The minimum absolute atomic E-state index is 0.183. The van der Waals surface area contributed by atoms with Gasteiger partial charge in [0.05, 0.1) is 5.69 Å².